The van der Waals surface area contributed by atoms with E-state index in [0.717, 1.165) is 12.8 Å². The third-order valence-electron chi connectivity index (χ3n) is 4.29. The third-order valence-corrected chi connectivity index (χ3v) is 4.29. The van der Waals surface area contributed by atoms with Crippen LogP contribution < -0.4 is 0 Å². The minimum atomic E-state index is -0.470. The lowest BCUT2D eigenvalue weighted by atomic mass is 9.78. The van der Waals surface area contributed by atoms with E-state index < -0.39 is 4.92 Å². The molecule has 5 heteroatoms. The lowest BCUT2D eigenvalue weighted by Gasteiger charge is -2.31. The van der Waals surface area contributed by atoms with Crippen LogP contribution >= 0.6 is 0 Å². The predicted octanol–water partition coefficient (Wildman–Crippen LogP) is 3.54. The van der Waals surface area contributed by atoms with Crippen molar-refractivity contribution in [3.63, 3.8) is 0 Å². The first kappa shape index (κ1) is 14.5. The van der Waals surface area contributed by atoms with E-state index in [0.29, 0.717) is 17.4 Å². The molecule has 1 aromatic rings. The number of phenolic OH excluding ortho intramolecular Hbond substituents is 1. The van der Waals surface area contributed by atoms with Crippen LogP contribution in [0.5, 0.6) is 5.75 Å². The fraction of sp³-hybridized carbons (Fsp3) is 0.533. The van der Waals surface area contributed by atoms with Gasteiger partial charge in [0.1, 0.15) is 5.75 Å². The molecule has 0 unspecified atom stereocenters. The van der Waals surface area contributed by atoms with E-state index >= 15 is 0 Å². The van der Waals surface area contributed by atoms with Crippen LogP contribution in [-0.2, 0) is 0 Å². The van der Waals surface area contributed by atoms with Crippen LogP contribution in [0.3, 0.4) is 0 Å². The summed E-state index contributed by atoms with van der Waals surface area (Å²) in [7, 11) is 0. The number of aliphatic imine (C=N–C) groups is 1. The highest BCUT2D eigenvalue weighted by Crippen LogP contribution is 2.31. The largest absolute Gasteiger partial charge is 0.507 e. The Labute approximate surface area is 118 Å². The van der Waals surface area contributed by atoms with Gasteiger partial charge in [-0.15, -0.1) is 0 Å². The molecule has 1 saturated carbocycles. The zero-order chi connectivity index (χ0) is 14.7. The topological polar surface area (TPSA) is 75.7 Å². The van der Waals surface area contributed by atoms with E-state index in [4.69, 9.17) is 0 Å². The van der Waals surface area contributed by atoms with E-state index in [1.807, 2.05) is 0 Å². The quantitative estimate of drug-likeness (QED) is 0.521. The summed E-state index contributed by atoms with van der Waals surface area (Å²) >= 11 is 0. The molecule has 20 heavy (non-hydrogen) atoms. The van der Waals surface area contributed by atoms with E-state index in [1.165, 1.54) is 24.6 Å². The second kappa shape index (κ2) is 6.03. The summed E-state index contributed by atoms with van der Waals surface area (Å²) in [4.78, 5) is 14.8. The molecule has 0 saturated heterocycles. The van der Waals surface area contributed by atoms with E-state index in [2.05, 4.69) is 18.8 Å². The van der Waals surface area contributed by atoms with E-state index in [1.54, 1.807) is 6.21 Å². The van der Waals surface area contributed by atoms with Crippen molar-refractivity contribution in [2.45, 2.75) is 39.2 Å². The molecule has 0 aromatic heterocycles. The number of non-ortho nitro benzene ring substituents is 1. The maximum atomic E-state index is 10.7. The van der Waals surface area contributed by atoms with Gasteiger partial charge in [-0.25, -0.2) is 0 Å². The van der Waals surface area contributed by atoms with Gasteiger partial charge in [-0.05, 0) is 24.3 Å². The molecule has 1 aliphatic rings. The zero-order valence-corrected chi connectivity index (χ0v) is 11.8. The molecule has 1 aliphatic carbocycles. The third kappa shape index (κ3) is 3.15. The van der Waals surface area contributed by atoms with Gasteiger partial charge in [-0.3, -0.25) is 15.1 Å². The molecule has 0 aliphatic heterocycles. The van der Waals surface area contributed by atoms with Crippen molar-refractivity contribution in [2.75, 3.05) is 0 Å². The minimum Gasteiger partial charge on any atom is -0.507 e. The molecule has 0 spiro atoms. The van der Waals surface area contributed by atoms with Gasteiger partial charge in [0.05, 0.1) is 11.0 Å². The smallest absolute Gasteiger partial charge is 0.270 e. The van der Waals surface area contributed by atoms with Crippen LogP contribution in [-0.4, -0.2) is 22.3 Å². The van der Waals surface area contributed by atoms with Gasteiger partial charge in [0.15, 0.2) is 0 Å². The predicted molar refractivity (Wildman–Crippen MR) is 78.3 cm³/mol. The molecule has 0 amide bonds. The van der Waals surface area contributed by atoms with Crippen molar-refractivity contribution in [3.8, 4) is 5.75 Å². The van der Waals surface area contributed by atoms with Crippen molar-refractivity contribution in [3.05, 3.63) is 33.9 Å². The van der Waals surface area contributed by atoms with E-state index in [9.17, 15) is 15.2 Å². The van der Waals surface area contributed by atoms with Gasteiger partial charge in [-0.1, -0.05) is 26.7 Å². The van der Waals surface area contributed by atoms with Gasteiger partial charge in [0.25, 0.3) is 5.69 Å². The zero-order valence-electron chi connectivity index (χ0n) is 11.8. The fourth-order valence-corrected chi connectivity index (χ4v) is 2.70. The summed E-state index contributed by atoms with van der Waals surface area (Å²) in [6.45, 7) is 4.43. The number of hydrogen-bond donors (Lipinski definition) is 1. The number of rotatable bonds is 3. The molecule has 0 radical (unpaired) electrons. The number of phenols is 1. The maximum absolute atomic E-state index is 10.7. The second-order valence-electron chi connectivity index (χ2n) is 5.61. The minimum absolute atomic E-state index is 0.0239. The number of nitro benzene ring substituents is 1. The van der Waals surface area contributed by atoms with Crippen LogP contribution in [0.1, 0.15) is 38.7 Å². The van der Waals surface area contributed by atoms with Crippen molar-refractivity contribution in [1.29, 1.82) is 0 Å². The van der Waals surface area contributed by atoms with Gasteiger partial charge in [0, 0.05) is 23.9 Å². The first-order valence-electron chi connectivity index (χ1n) is 6.99. The summed E-state index contributed by atoms with van der Waals surface area (Å²) < 4.78 is 0. The highest BCUT2D eigenvalue weighted by molar-refractivity contribution is 5.84. The Morgan fingerprint density at radius 1 is 1.40 bits per heavy atom. The highest BCUT2D eigenvalue weighted by Gasteiger charge is 2.26. The molecule has 2 rings (SSSR count). The molecular formula is C15H20N2O3. The van der Waals surface area contributed by atoms with Gasteiger partial charge < -0.3 is 5.11 Å². The molecule has 1 fully saturated rings. The summed E-state index contributed by atoms with van der Waals surface area (Å²) in [5.74, 6) is 1.17. The monoisotopic (exact) mass is 276 g/mol. The number of benzene rings is 1. The van der Waals surface area contributed by atoms with Crippen LogP contribution in [0.15, 0.2) is 23.2 Å². The van der Waals surface area contributed by atoms with Crippen molar-refractivity contribution < 1.29 is 10.0 Å². The second-order valence-corrected chi connectivity index (χ2v) is 5.61. The molecule has 1 N–H and O–H groups in total. The molecule has 0 heterocycles. The van der Waals surface area contributed by atoms with Crippen LogP contribution in [0.25, 0.3) is 0 Å². The molecular weight excluding hydrogens is 256 g/mol. The lowest BCUT2D eigenvalue weighted by molar-refractivity contribution is -0.384. The molecule has 108 valence electrons. The van der Waals surface area contributed by atoms with Gasteiger partial charge in [0.2, 0.25) is 0 Å². The number of nitrogens with zero attached hydrogens (tertiary/aromatic N) is 2. The lowest BCUT2D eigenvalue weighted by Crippen LogP contribution is -2.27. The number of hydrogen-bond acceptors (Lipinski definition) is 4. The average Bonchev–Trinajstić information content (AvgIpc) is 2.41. The fourth-order valence-electron chi connectivity index (χ4n) is 2.70. The highest BCUT2D eigenvalue weighted by atomic mass is 16.6. The average molecular weight is 276 g/mol. The Balaban J connectivity index is 2.18. The van der Waals surface area contributed by atoms with Crippen LogP contribution in [0.2, 0.25) is 0 Å². The summed E-state index contributed by atoms with van der Waals surface area (Å²) in [6, 6.07) is 4.22. The Kier molecular flexibility index (Phi) is 4.37. The van der Waals surface area contributed by atoms with Crippen molar-refractivity contribution >= 4 is 11.9 Å². The molecule has 5 nitrogen and oxygen atoms in total. The number of aromatic hydroxyl groups is 1. The molecule has 1 aromatic carbocycles. The summed E-state index contributed by atoms with van der Waals surface area (Å²) in [6.07, 6.45) is 5.00. The van der Waals surface area contributed by atoms with E-state index in [-0.39, 0.29) is 17.5 Å². The van der Waals surface area contributed by atoms with Crippen molar-refractivity contribution in [2.24, 2.45) is 16.8 Å². The van der Waals surface area contributed by atoms with Gasteiger partial charge >= 0.3 is 0 Å². The number of nitro groups is 1. The Morgan fingerprint density at radius 2 is 2.15 bits per heavy atom. The first-order chi connectivity index (χ1) is 9.49. The van der Waals surface area contributed by atoms with Gasteiger partial charge in [-0.2, -0.15) is 0 Å². The Bertz CT molecular complexity index is 528. The standard InChI is InChI=1S/C15H20N2O3/c1-10-4-3-5-14(11(10)2)16-9-12-8-13(17(19)20)6-7-15(12)18/h6-11,14,18H,3-5H2,1-2H3/t10-,11-,14-/m1/s1. The normalized spacial score (nSPS) is 26.8. The summed E-state index contributed by atoms with van der Waals surface area (Å²) in [5.41, 5.74) is 0.374. The molecule has 0 bridgehead atoms. The Morgan fingerprint density at radius 3 is 2.85 bits per heavy atom. The van der Waals surface area contributed by atoms with Crippen LogP contribution in [0.4, 0.5) is 5.69 Å². The first-order valence-corrected chi connectivity index (χ1v) is 6.99. The van der Waals surface area contributed by atoms with Crippen molar-refractivity contribution in [1.82, 2.24) is 0 Å². The van der Waals surface area contributed by atoms with Crippen LogP contribution in [0, 0.1) is 22.0 Å². The summed E-state index contributed by atoms with van der Waals surface area (Å²) in [5, 5.41) is 20.5. The SMILES string of the molecule is C[C@@H]1[C@H](C)CCC[C@H]1N=Cc1cc([N+](=O)[O-])ccc1O. The maximum Gasteiger partial charge on any atom is 0.270 e. The molecule has 3 atom stereocenters. The Hall–Kier alpha value is -1.91.